The molecule has 9 heavy (non-hydrogen) atoms. The van der Waals surface area contributed by atoms with Crippen molar-refractivity contribution in [2.24, 2.45) is 5.16 Å². The summed E-state index contributed by atoms with van der Waals surface area (Å²) in [6.07, 6.45) is 2.49. The Bertz CT molecular complexity index is 216. The molecule has 0 aliphatic rings. The van der Waals surface area contributed by atoms with Crippen LogP contribution in [0.1, 0.15) is 11.5 Å². The number of rotatable bonds is 1. The van der Waals surface area contributed by atoms with Crippen molar-refractivity contribution in [3.63, 3.8) is 0 Å². The standard InChI is InChI=1S/C5H6N2O2/c1-4-5(2-7-8)9-3-6-4/h2-3,8H,1H3/b7-2+. The zero-order chi connectivity index (χ0) is 6.69. The van der Waals surface area contributed by atoms with E-state index in [0.717, 1.165) is 0 Å². The van der Waals surface area contributed by atoms with Gasteiger partial charge >= 0.3 is 0 Å². The molecule has 0 saturated heterocycles. The van der Waals surface area contributed by atoms with Gasteiger partial charge in [-0.05, 0) is 6.92 Å². The van der Waals surface area contributed by atoms with E-state index in [4.69, 9.17) is 9.62 Å². The van der Waals surface area contributed by atoms with Crippen molar-refractivity contribution in [3.8, 4) is 0 Å². The molecule has 1 aromatic heterocycles. The predicted octanol–water partition coefficient (Wildman–Crippen LogP) is 0.791. The van der Waals surface area contributed by atoms with Gasteiger partial charge in [-0.25, -0.2) is 4.98 Å². The van der Waals surface area contributed by atoms with Crippen LogP contribution >= 0.6 is 0 Å². The van der Waals surface area contributed by atoms with Crippen LogP contribution in [0.5, 0.6) is 0 Å². The minimum Gasteiger partial charge on any atom is -0.442 e. The summed E-state index contributed by atoms with van der Waals surface area (Å²) in [4.78, 5) is 3.77. The van der Waals surface area contributed by atoms with Gasteiger partial charge in [-0.15, -0.1) is 0 Å². The van der Waals surface area contributed by atoms with E-state index in [2.05, 4.69) is 10.1 Å². The first-order chi connectivity index (χ1) is 4.34. The number of nitrogens with zero attached hydrogens (tertiary/aromatic N) is 2. The zero-order valence-corrected chi connectivity index (χ0v) is 4.90. The molecule has 0 amide bonds. The first-order valence-corrected chi connectivity index (χ1v) is 2.42. The lowest BCUT2D eigenvalue weighted by Gasteiger charge is -1.79. The molecular weight excluding hydrogens is 120 g/mol. The highest BCUT2D eigenvalue weighted by molar-refractivity contribution is 5.76. The Morgan fingerprint density at radius 1 is 1.89 bits per heavy atom. The van der Waals surface area contributed by atoms with Crippen molar-refractivity contribution in [3.05, 3.63) is 17.8 Å². The van der Waals surface area contributed by atoms with Crippen molar-refractivity contribution in [1.82, 2.24) is 4.98 Å². The second-order valence-electron chi connectivity index (χ2n) is 1.55. The van der Waals surface area contributed by atoms with Crippen LogP contribution in [0.15, 0.2) is 16.0 Å². The molecule has 1 N–H and O–H groups in total. The first-order valence-electron chi connectivity index (χ1n) is 2.42. The van der Waals surface area contributed by atoms with Crippen LogP contribution in [0, 0.1) is 6.92 Å². The summed E-state index contributed by atoms with van der Waals surface area (Å²) in [5, 5.41) is 10.8. The molecule has 0 spiro atoms. The van der Waals surface area contributed by atoms with E-state index < -0.39 is 0 Å². The number of hydrogen-bond donors (Lipinski definition) is 1. The predicted molar refractivity (Wildman–Crippen MR) is 30.6 cm³/mol. The number of aryl methyl sites for hydroxylation is 1. The zero-order valence-electron chi connectivity index (χ0n) is 4.90. The molecule has 48 valence electrons. The lowest BCUT2D eigenvalue weighted by Crippen LogP contribution is -1.79. The molecule has 1 aromatic rings. The molecule has 0 radical (unpaired) electrons. The lowest BCUT2D eigenvalue weighted by molar-refractivity contribution is 0.320. The quantitative estimate of drug-likeness (QED) is 0.344. The maximum absolute atomic E-state index is 8.04. The minimum atomic E-state index is 0.484. The monoisotopic (exact) mass is 126 g/mol. The Morgan fingerprint density at radius 3 is 3.11 bits per heavy atom. The number of aromatic nitrogens is 1. The van der Waals surface area contributed by atoms with E-state index in [1.165, 1.54) is 12.6 Å². The average Bonchev–Trinajstić information content (AvgIpc) is 2.18. The molecule has 4 nitrogen and oxygen atoms in total. The summed E-state index contributed by atoms with van der Waals surface area (Å²) < 4.78 is 4.78. The topological polar surface area (TPSA) is 58.6 Å². The van der Waals surface area contributed by atoms with Crippen LogP contribution in [0.3, 0.4) is 0 Å². The van der Waals surface area contributed by atoms with Crippen molar-refractivity contribution in [2.75, 3.05) is 0 Å². The third-order valence-corrected chi connectivity index (χ3v) is 0.958. The SMILES string of the molecule is Cc1ncoc1/C=N/O. The Balaban J connectivity index is 2.94. The van der Waals surface area contributed by atoms with Crippen LogP contribution in [-0.4, -0.2) is 16.4 Å². The second-order valence-corrected chi connectivity index (χ2v) is 1.55. The van der Waals surface area contributed by atoms with Gasteiger partial charge in [0, 0.05) is 0 Å². The fourth-order valence-electron chi connectivity index (χ4n) is 0.487. The molecule has 0 aromatic carbocycles. The van der Waals surface area contributed by atoms with Gasteiger partial charge in [0.05, 0.1) is 5.69 Å². The summed E-state index contributed by atoms with van der Waals surface area (Å²) in [5.74, 6) is 0.484. The van der Waals surface area contributed by atoms with Gasteiger partial charge in [0.15, 0.2) is 12.2 Å². The molecule has 4 heteroatoms. The number of hydrogen-bond acceptors (Lipinski definition) is 4. The van der Waals surface area contributed by atoms with Gasteiger partial charge in [0.25, 0.3) is 0 Å². The van der Waals surface area contributed by atoms with Crippen molar-refractivity contribution in [1.29, 1.82) is 0 Å². The largest absolute Gasteiger partial charge is 0.442 e. The number of oxime groups is 1. The lowest BCUT2D eigenvalue weighted by atomic mass is 10.4. The normalized spacial score (nSPS) is 10.8. The maximum Gasteiger partial charge on any atom is 0.181 e. The van der Waals surface area contributed by atoms with Crippen LogP contribution in [0.2, 0.25) is 0 Å². The Morgan fingerprint density at radius 2 is 2.67 bits per heavy atom. The Hall–Kier alpha value is -1.32. The van der Waals surface area contributed by atoms with E-state index in [-0.39, 0.29) is 0 Å². The van der Waals surface area contributed by atoms with E-state index in [0.29, 0.717) is 11.5 Å². The Labute approximate surface area is 51.8 Å². The van der Waals surface area contributed by atoms with E-state index >= 15 is 0 Å². The highest BCUT2D eigenvalue weighted by atomic mass is 16.4. The van der Waals surface area contributed by atoms with Gasteiger partial charge in [0.1, 0.15) is 6.21 Å². The molecule has 0 aliphatic heterocycles. The van der Waals surface area contributed by atoms with Gasteiger partial charge in [-0.2, -0.15) is 0 Å². The third-order valence-electron chi connectivity index (χ3n) is 0.958. The summed E-state index contributed by atoms with van der Waals surface area (Å²) in [7, 11) is 0. The number of oxazole rings is 1. The summed E-state index contributed by atoms with van der Waals surface area (Å²) in [6, 6.07) is 0. The van der Waals surface area contributed by atoms with E-state index in [1.54, 1.807) is 6.92 Å². The van der Waals surface area contributed by atoms with Crippen LogP contribution < -0.4 is 0 Å². The minimum absolute atomic E-state index is 0.484. The second kappa shape index (κ2) is 2.30. The molecule has 0 bridgehead atoms. The van der Waals surface area contributed by atoms with Crippen LogP contribution in [0.4, 0.5) is 0 Å². The molecule has 0 atom stereocenters. The molecule has 1 rings (SSSR count). The van der Waals surface area contributed by atoms with Crippen LogP contribution in [0.25, 0.3) is 0 Å². The smallest absolute Gasteiger partial charge is 0.181 e. The van der Waals surface area contributed by atoms with E-state index in [1.807, 2.05) is 0 Å². The van der Waals surface area contributed by atoms with Gasteiger partial charge in [-0.3, -0.25) is 0 Å². The molecule has 1 heterocycles. The summed E-state index contributed by atoms with van der Waals surface area (Å²) in [6.45, 7) is 1.76. The summed E-state index contributed by atoms with van der Waals surface area (Å²) >= 11 is 0. The van der Waals surface area contributed by atoms with Crippen molar-refractivity contribution in [2.45, 2.75) is 6.92 Å². The first kappa shape index (κ1) is 5.81. The highest BCUT2D eigenvalue weighted by Crippen LogP contribution is 1.99. The van der Waals surface area contributed by atoms with Crippen molar-refractivity contribution < 1.29 is 9.62 Å². The molecule has 0 saturated carbocycles. The molecule has 0 unspecified atom stereocenters. The fourth-order valence-corrected chi connectivity index (χ4v) is 0.487. The Kier molecular flexibility index (Phi) is 1.48. The highest BCUT2D eigenvalue weighted by Gasteiger charge is 1.96. The maximum atomic E-state index is 8.04. The fraction of sp³-hybridized carbons (Fsp3) is 0.200. The molecular formula is C5H6N2O2. The van der Waals surface area contributed by atoms with Gasteiger partial charge in [0.2, 0.25) is 0 Å². The van der Waals surface area contributed by atoms with Crippen molar-refractivity contribution >= 4 is 6.21 Å². The third kappa shape index (κ3) is 1.07. The van der Waals surface area contributed by atoms with Gasteiger partial charge in [-0.1, -0.05) is 5.16 Å². The van der Waals surface area contributed by atoms with E-state index in [9.17, 15) is 0 Å². The van der Waals surface area contributed by atoms with Gasteiger partial charge < -0.3 is 9.62 Å². The summed E-state index contributed by atoms with van der Waals surface area (Å²) in [5.41, 5.74) is 0.716. The average molecular weight is 126 g/mol. The molecule has 0 aliphatic carbocycles. The molecule has 0 fully saturated rings. The van der Waals surface area contributed by atoms with Crippen LogP contribution in [-0.2, 0) is 0 Å².